The van der Waals surface area contributed by atoms with Crippen LogP contribution in [0.3, 0.4) is 0 Å². The smallest absolute Gasteiger partial charge is 0.256 e. The van der Waals surface area contributed by atoms with Gasteiger partial charge in [0.1, 0.15) is 5.82 Å². The molecule has 0 bridgehead atoms. The lowest BCUT2D eigenvalue weighted by molar-refractivity contribution is 0.0407. The lowest BCUT2D eigenvalue weighted by Crippen LogP contribution is -2.53. The van der Waals surface area contributed by atoms with Crippen molar-refractivity contribution in [2.45, 2.75) is 31.7 Å². The molecule has 1 fully saturated rings. The Morgan fingerprint density at radius 2 is 2.00 bits per heavy atom. The molecule has 5 heteroatoms. The van der Waals surface area contributed by atoms with E-state index < -0.39 is 5.82 Å². The van der Waals surface area contributed by atoms with Crippen molar-refractivity contribution >= 4 is 17.5 Å². The zero-order valence-corrected chi connectivity index (χ0v) is 13.6. The zero-order valence-electron chi connectivity index (χ0n) is 12.8. The molecule has 1 aromatic rings. The number of likely N-dealkylation sites (tertiary alicyclic amines) is 1. The van der Waals surface area contributed by atoms with Gasteiger partial charge in [-0.15, -0.1) is 0 Å². The van der Waals surface area contributed by atoms with Gasteiger partial charge in [-0.1, -0.05) is 18.5 Å². The van der Waals surface area contributed by atoms with Crippen LogP contribution in [0.4, 0.5) is 4.39 Å². The minimum atomic E-state index is -0.510. The van der Waals surface area contributed by atoms with Crippen LogP contribution in [-0.2, 0) is 0 Å². The third kappa shape index (κ3) is 3.22. The second kappa shape index (κ2) is 6.32. The molecule has 1 aromatic carbocycles. The summed E-state index contributed by atoms with van der Waals surface area (Å²) in [6, 6.07) is 4.11. The Labute approximate surface area is 130 Å². The highest BCUT2D eigenvalue weighted by Gasteiger charge is 2.36. The van der Waals surface area contributed by atoms with Crippen LogP contribution in [-0.4, -0.2) is 48.4 Å². The van der Waals surface area contributed by atoms with E-state index in [1.165, 1.54) is 18.2 Å². The lowest BCUT2D eigenvalue weighted by Gasteiger charge is -2.45. The first-order chi connectivity index (χ1) is 9.89. The van der Waals surface area contributed by atoms with Gasteiger partial charge in [-0.05, 0) is 51.6 Å². The number of hydrogen-bond acceptors (Lipinski definition) is 2. The summed E-state index contributed by atoms with van der Waals surface area (Å²) in [6.45, 7) is 3.47. The highest BCUT2D eigenvalue weighted by atomic mass is 35.5. The second-order valence-corrected chi connectivity index (χ2v) is 6.33. The minimum absolute atomic E-state index is 0.0661. The first-order valence-corrected chi connectivity index (χ1v) is 7.69. The molecule has 0 radical (unpaired) electrons. The van der Waals surface area contributed by atoms with Crippen molar-refractivity contribution in [2.24, 2.45) is 0 Å². The maximum Gasteiger partial charge on any atom is 0.256 e. The molecule has 0 aromatic heterocycles. The molecule has 21 heavy (non-hydrogen) atoms. The summed E-state index contributed by atoms with van der Waals surface area (Å²) in [5.74, 6) is -0.775. The van der Waals surface area contributed by atoms with Gasteiger partial charge in [-0.2, -0.15) is 0 Å². The molecular weight excluding hydrogens is 291 g/mol. The first-order valence-electron chi connectivity index (χ1n) is 7.31. The summed E-state index contributed by atoms with van der Waals surface area (Å²) < 4.78 is 13.8. The maximum atomic E-state index is 13.8. The van der Waals surface area contributed by atoms with Gasteiger partial charge in [-0.25, -0.2) is 4.39 Å². The number of carbonyl (C=O) groups is 1. The molecule has 0 aliphatic carbocycles. The number of halogens is 2. The van der Waals surface area contributed by atoms with Crippen LogP contribution < -0.4 is 0 Å². The van der Waals surface area contributed by atoms with Crippen LogP contribution in [0, 0.1) is 5.82 Å². The molecule has 2 rings (SSSR count). The number of hydrogen-bond donors (Lipinski definition) is 0. The van der Waals surface area contributed by atoms with Crippen LogP contribution in [0.15, 0.2) is 18.2 Å². The number of benzene rings is 1. The van der Waals surface area contributed by atoms with Gasteiger partial charge >= 0.3 is 0 Å². The summed E-state index contributed by atoms with van der Waals surface area (Å²) >= 11 is 5.87. The van der Waals surface area contributed by atoms with Crippen molar-refractivity contribution in [3.63, 3.8) is 0 Å². The SMILES string of the molecule is CCC1(N(C)C)CCN(C(=O)c2cc(Cl)ccc2F)CC1. The largest absolute Gasteiger partial charge is 0.338 e. The van der Waals surface area contributed by atoms with E-state index in [-0.39, 0.29) is 17.0 Å². The van der Waals surface area contributed by atoms with Crippen molar-refractivity contribution in [2.75, 3.05) is 27.2 Å². The molecule has 1 heterocycles. The van der Waals surface area contributed by atoms with E-state index in [4.69, 9.17) is 11.6 Å². The summed E-state index contributed by atoms with van der Waals surface area (Å²) in [6.07, 6.45) is 2.86. The Kier molecular flexibility index (Phi) is 4.89. The quantitative estimate of drug-likeness (QED) is 0.854. The molecule has 0 saturated carbocycles. The van der Waals surface area contributed by atoms with Crippen LogP contribution >= 0.6 is 11.6 Å². The standard InChI is InChI=1S/C16H22ClFN2O/c1-4-16(19(2)3)7-9-20(10-8-16)15(21)13-11-12(17)5-6-14(13)18/h5-6,11H,4,7-10H2,1-3H3. The minimum Gasteiger partial charge on any atom is -0.338 e. The Bertz CT molecular complexity index is 525. The molecule has 0 atom stereocenters. The van der Waals surface area contributed by atoms with Crippen LogP contribution in [0.25, 0.3) is 0 Å². The monoisotopic (exact) mass is 312 g/mol. The van der Waals surface area contributed by atoms with E-state index in [0.717, 1.165) is 19.3 Å². The van der Waals surface area contributed by atoms with E-state index in [9.17, 15) is 9.18 Å². The molecule has 1 aliphatic rings. The van der Waals surface area contributed by atoms with Crippen molar-refractivity contribution in [3.8, 4) is 0 Å². The fourth-order valence-corrected chi connectivity index (χ4v) is 3.25. The van der Waals surface area contributed by atoms with E-state index in [0.29, 0.717) is 18.1 Å². The molecule has 116 valence electrons. The van der Waals surface area contributed by atoms with Crippen molar-refractivity contribution in [1.82, 2.24) is 9.80 Å². The molecule has 1 aliphatic heterocycles. The average Bonchev–Trinajstić information content (AvgIpc) is 2.49. The van der Waals surface area contributed by atoms with Crippen LogP contribution in [0.1, 0.15) is 36.5 Å². The normalized spacial score (nSPS) is 18.1. The Hall–Kier alpha value is -1.13. The Morgan fingerprint density at radius 3 is 2.52 bits per heavy atom. The number of nitrogens with zero attached hydrogens (tertiary/aromatic N) is 2. The van der Waals surface area contributed by atoms with E-state index in [2.05, 4.69) is 25.9 Å². The zero-order chi connectivity index (χ0) is 15.6. The van der Waals surface area contributed by atoms with Gasteiger partial charge in [0.15, 0.2) is 0 Å². The highest BCUT2D eigenvalue weighted by molar-refractivity contribution is 6.31. The van der Waals surface area contributed by atoms with Crippen molar-refractivity contribution in [1.29, 1.82) is 0 Å². The predicted octanol–water partition coefficient (Wildman–Crippen LogP) is 3.43. The van der Waals surface area contributed by atoms with E-state index in [1.807, 2.05) is 0 Å². The maximum absolute atomic E-state index is 13.8. The van der Waals surface area contributed by atoms with E-state index >= 15 is 0 Å². The fourth-order valence-electron chi connectivity index (χ4n) is 3.07. The van der Waals surface area contributed by atoms with Crippen LogP contribution in [0.5, 0.6) is 0 Å². The lowest BCUT2D eigenvalue weighted by atomic mass is 9.83. The molecule has 1 saturated heterocycles. The molecule has 3 nitrogen and oxygen atoms in total. The third-order valence-corrected chi connectivity index (χ3v) is 4.98. The average molecular weight is 313 g/mol. The van der Waals surface area contributed by atoms with Gasteiger partial charge in [0.05, 0.1) is 5.56 Å². The van der Waals surface area contributed by atoms with Gasteiger partial charge < -0.3 is 9.80 Å². The number of rotatable bonds is 3. The predicted molar refractivity (Wildman–Crippen MR) is 83.3 cm³/mol. The van der Waals surface area contributed by atoms with Crippen molar-refractivity contribution in [3.05, 3.63) is 34.6 Å². The summed E-state index contributed by atoms with van der Waals surface area (Å²) in [5, 5.41) is 0.382. The summed E-state index contributed by atoms with van der Waals surface area (Å²) in [7, 11) is 4.16. The van der Waals surface area contributed by atoms with Gasteiger partial charge in [0, 0.05) is 23.7 Å². The fraction of sp³-hybridized carbons (Fsp3) is 0.562. The second-order valence-electron chi connectivity index (χ2n) is 5.89. The Morgan fingerprint density at radius 1 is 1.38 bits per heavy atom. The van der Waals surface area contributed by atoms with Crippen molar-refractivity contribution < 1.29 is 9.18 Å². The highest BCUT2D eigenvalue weighted by Crippen LogP contribution is 2.31. The molecule has 0 N–H and O–H groups in total. The Balaban J connectivity index is 2.12. The summed E-state index contributed by atoms with van der Waals surface area (Å²) in [5.41, 5.74) is 0.209. The molecule has 0 unspecified atom stereocenters. The molecule has 1 amide bonds. The number of piperidine rings is 1. The molecular formula is C16H22ClFN2O. The summed E-state index contributed by atoms with van der Waals surface area (Å²) in [4.78, 5) is 16.4. The third-order valence-electron chi connectivity index (χ3n) is 4.75. The van der Waals surface area contributed by atoms with Gasteiger partial charge in [0.25, 0.3) is 5.91 Å². The van der Waals surface area contributed by atoms with E-state index in [1.54, 1.807) is 4.90 Å². The molecule has 0 spiro atoms. The van der Waals surface area contributed by atoms with Gasteiger partial charge in [0.2, 0.25) is 0 Å². The number of carbonyl (C=O) groups excluding carboxylic acids is 1. The first kappa shape index (κ1) is 16.2. The van der Waals surface area contributed by atoms with Gasteiger partial charge in [-0.3, -0.25) is 4.79 Å². The topological polar surface area (TPSA) is 23.6 Å². The van der Waals surface area contributed by atoms with Crippen LogP contribution in [0.2, 0.25) is 5.02 Å². The number of amides is 1.